The topological polar surface area (TPSA) is 38.3 Å². The highest BCUT2D eigenvalue weighted by Gasteiger charge is 2.19. The number of amides is 1. The summed E-state index contributed by atoms with van der Waals surface area (Å²) in [7, 11) is 0. The average Bonchev–Trinajstić information content (AvgIpc) is 2.73. The van der Waals surface area contributed by atoms with Crippen LogP contribution in [0.25, 0.3) is 0 Å². The molecular formula is C19H29NO2. The van der Waals surface area contributed by atoms with Crippen molar-refractivity contribution < 1.29 is 9.53 Å². The summed E-state index contributed by atoms with van der Waals surface area (Å²) in [6.45, 7) is 6.56. The second-order valence-corrected chi connectivity index (χ2v) is 7.29. The number of para-hydroxylation sites is 1. The van der Waals surface area contributed by atoms with E-state index in [-0.39, 0.29) is 17.9 Å². The SMILES string of the molecule is CC(C)(C)c1ccccc1OCC(=O)NC1CCCCCC1. The van der Waals surface area contributed by atoms with Crippen LogP contribution in [0.5, 0.6) is 5.75 Å². The Morgan fingerprint density at radius 3 is 2.41 bits per heavy atom. The maximum absolute atomic E-state index is 12.1. The van der Waals surface area contributed by atoms with E-state index in [1.54, 1.807) is 0 Å². The van der Waals surface area contributed by atoms with Crippen LogP contribution >= 0.6 is 0 Å². The molecule has 0 unspecified atom stereocenters. The lowest BCUT2D eigenvalue weighted by molar-refractivity contribution is -0.123. The summed E-state index contributed by atoms with van der Waals surface area (Å²) in [5.74, 6) is 0.807. The molecule has 0 spiro atoms. The number of ether oxygens (including phenoxy) is 1. The van der Waals surface area contributed by atoms with Gasteiger partial charge in [0.05, 0.1) is 0 Å². The Labute approximate surface area is 134 Å². The zero-order chi connectivity index (χ0) is 16.0. The van der Waals surface area contributed by atoms with Crippen molar-refractivity contribution in [2.45, 2.75) is 70.8 Å². The Morgan fingerprint density at radius 2 is 1.77 bits per heavy atom. The summed E-state index contributed by atoms with van der Waals surface area (Å²) >= 11 is 0. The molecule has 22 heavy (non-hydrogen) atoms. The van der Waals surface area contributed by atoms with E-state index in [2.05, 4.69) is 32.2 Å². The summed E-state index contributed by atoms with van der Waals surface area (Å²) in [5.41, 5.74) is 1.14. The van der Waals surface area contributed by atoms with Gasteiger partial charge in [-0.25, -0.2) is 0 Å². The lowest BCUT2D eigenvalue weighted by Crippen LogP contribution is -2.37. The highest BCUT2D eigenvalue weighted by Crippen LogP contribution is 2.30. The monoisotopic (exact) mass is 303 g/mol. The standard InChI is InChI=1S/C19H29NO2/c1-19(2,3)16-12-8-9-13-17(16)22-14-18(21)20-15-10-6-4-5-7-11-15/h8-9,12-13,15H,4-7,10-11,14H2,1-3H3,(H,20,21). The van der Waals surface area contributed by atoms with Gasteiger partial charge in [-0.05, 0) is 29.9 Å². The molecule has 1 saturated carbocycles. The van der Waals surface area contributed by atoms with E-state index in [9.17, 15) is 4.79 Å². The van der Waals surface area contributed by atoms with Crippen LogP contribution < -0.4 is 10.1 Å². The molecule has 3 nitrogen and oxygen atoms in total. The van der Waals surface area contributed by atoms with Gasteiger partial charge in [-0.15, -0.1) is 0 Å². The molecule has 1 aliphatic rings. The van der Waals surface area contributed by atoms with Crippen molar-refractivity contribution in [3.05, 3.63) is 29.8 Å². The largest absolute Gasteiger partial charge is 0.483 e. The van der Waals surface area contributed by atoms with Gasteiger partial charge in [0.1, 0.15) is 5.75 Å². The molecule has 1 aromatic rings. The predicted octanol–water partition coefficient (Wildman–Crippen LogP) is 4.20. The molecule has 3 heteroatoms. The molecule has 0 radical (unpaired) electrons. The summed E-state index contributed by atoms with van der Waals surface area (Å²) < 4.78 is 5.79. The Balaban J connectivity index is 1.88. The van der Waals surface area contributed by atoms with E-state index in [1.807, 2.05) is 18.2 Å². The van der Waals surface area contributed by atoms with Crippen molar-refractivity contribution in [1.82, 2.24) is 5.32 Å². The minimum Gasteiger partial charge on any atom is -0.483 e. The fourth-order valence-electron chi connectivity index (χ4n) is 3.05. The molecule has 1 fully saturated rings. The number of hydrogen-bond donors (Lipinski definition) is 1. The van der Waals surface area contributed by atoms with Crippen LogP contribution in [0.15, 0.2) is 24.3 Å². The zero-order valence-electron chi connectivity index (χ0n) is 14.2. The second kappa shape index (κ2) is 7.66. The smallest absolute Gasteiger partial charge is 0.258 e. The van der Waals surface area contributed by atoms with Gasteiger partial charge in [-0.1, -0.05) is 64.7 Å². The summed E-state index contributed by atoms with van der Waals surface area (Å²) in [6.07, 6.45) is 7.23. The molecule has 122 valence electrons. The molecule has 1 amide bonds. The van der Waals surface area contributed by atoms with Crippen LogP contribution in [-0.4, -0.2) is 18.6 Å². The van der Waals surface area contributed by atoms with Crippen molar-refractivity contribution in [2.75, 3.05) is 6.61 Å². The first kappa shape index (κ1) is 16.9. The second-order valence-electron chi connectivity index (χ2n) is 7.29. The van der Waals surface area contributed by atoms with Gasteiger partial charge in [0, 0.05) is 6.04 Å². The van der Waals surface area contributed by atoms with Gasteiger partial charge in [0.15, 0.2) is 6.61 Å². The molecule has 1 aromatic carbocycles. The fourth-order valence-corrected chi connectivity index (χ4v) is 3.05. The third kappa shape index (κ3) is 5.04. The number of nitrogens with one attached hydrogen (secondary N) is 1. The van der Waals surface area contributed by atoms with Crippen LogP contribution in [0.4, 0.5) is 0 Å². The number of rotatable bonds is 4. The van der Waals surface area contributed by atoms with Crippen LogP contribution in [0, 0.1) is 0 Å². The number of benzene rings is 1. The molecule has 0 aromatic heterocycles. The summed E-state index contributed by atoms with van der Waals surface area (Å²) in [6, 6.07) is 8.31. The Bertz CT molecular complexity index is 482. The van der Waals surface area contributed by atoms with E-state index in [1.165, 1.54) is 25.7 Å². The minimum absolute atomic E-state index is 0.00406. The molecule has 2 rings (SSSR count). The lowest BCUT2D eigenvalue weighted by Gasteiger charge is -2.23. The Hall–Kier alpha value is -1.51. The fraction of sp³-hybridized carbons (Fsp3) is 0.632. The van der Waals surface area contributed by atoms with Crippen molar-refractivity contribution in [3.63, 3.8) is 0 Å². The van der Waals surface area contributed by atoms with Crippen molar-refractivity contribution in [2.24, 2.45) is 0 Å². The van der Waals surface area contributed by atoms with Crippen molar-refractivity contribution >= 4 is 5.91 Å². The van der Waals surface area contributed by atoms with E-state index in [0.717, 1.165) is 24.2 Å². The maximum Gasteiger partial charge on any atom is 0.258 e. The summed E-state index contributed by atoms with van der Waals surface area (Å²) in [4.78, 5) is 12.1. The quantitative estimate of drug-likeness (QED) is 0.847. The predicted molar refractivity (Wildman–Crippen MR) is 90.3 cm³/mol. The van der Waals surface area contributed by atoms with Crippen molar-refractivity contribution in [3.8, 4) is 5.75 Å². The molecule has 1 aliphatic carbocycles. The minimum atomic E-state index is -0.00406. The van der Waals surface area contributed by atoms with Gasteiger partial charge in [-0.2, -0.15) is 0 Å². The molecule has 1 N–H and O–H groups in total. The van der Waals surface area contributed by atoms with E-state index < -0.39 is 0 Å². The van der Waals surface area contributed by atoms with E-state index in [4.69, 9.17) is 4.74 Å². The maximum atomic E-state index is 12.1. The van der Waals surface area contributed by atoms with Gasteiger partial charge in [0.2, 0.25) is 0 Å². The van der Waals surface area contributed by atoms with Gasteiger partial charge >= 0.3 is 0 Å². The summed E-state index contributed by atoms with van der Waals surface area (Å²) in [5, 5.41) is 3.12. The first-order valence-electron chi connectivity index (χ1n) is 8.48. The average molecular weight is 303 g/mol. The van der Waals surface area contributed by atoms with Crippen LogP contribution in [-0.2, 0) is 10.2 Å². The first-order chi connectivity index (χ1) is 10.5. The van der Waals surface area contributed by atoms with Gasteiger partial charge in [0.25, 0.3) is 5.91 Å². The highest BCUT2D eigenvalue weighted by atomic mass is 16.5. The third-order valence-electron chi connectivity index (χ3n) is 4.27. The van der Waals surface area contributed by atoms with Crippen LogP contribution in [0.2, 0.25) is 0 Å². The molecule has 0 aliphatic heterocycles. The van der Waals surface area contributed by atoms with Gasteiger partial charge in [-0.3, -0.25) is 4.79 Å². The van der Waals surface area contributed by atoms with Gasteiger partial charge < -0.3 is 10.1 Å². The Morgan fingerprint density at radius 1 is 1.14 bits per heavy atom. The van der Waals surface area contributed by atoms with Crippen LogP contribution in [0.1, 0.15) is 64.9 Å². The molecule has 0 bridgehead atoms. The molecule has 0 atom stereocenters. The number of carbonyl (C=O) groups excluding carboxylic acids is 1. The van der Waals surface area contributed by atoms with E-state index >= 15 is 0 Å². The molecular weight excluding hydrogens is 274 g/mol. The van der Waals surface area contributed by atoms with Crippen molar-refractivity contribution in [1.29, 1.82) is 0 Å². The zero-order valence-corrected chi connectivity index (χ0v) is 14.2. The molecule has 0 heterocycles. The molecule has 0 saturated heterocycles. The highest BCUT2D eigenvalue weighted by molar-refractivity contribution is 5.77. The third-order valence-corrected chi connectivity index (χ3v) is 4.27. The van der Waals surface area contributed by atoms with E-state index in [0.29, 0.717) is 6.04 Å². The Kier molecular flexibility index (Phi) is 5.87. The first-order valence-corrected chi connectivity index (χ1v) is 8.48. The normalized spacial score (nSPS) is 16.9. The number of carbonyl (C=O) groups is 1. The van der Waals surface area contributed by atoms with Crippen LogP contribution in [0.3, 0.4) is 0 Å². The number of hydrogen-bond acceptors (Lipinski definition) is 2. The lowest BCUT2D eigenvalue weighted by atomic mass is 9.86.